The standard InChI is InChI=1S/C15H21NO2/c17-13-14-7-2-3-8-15(14)18-12-6-11-16-9-4-1-5-10-16/h2-3,7-8,13H,1,4-6,9-12H2. The molecular formula is C15H21NO2. The van der Waals surface area contributed by atoms with E-state index < -0.39 is 0 Å². The van der Waals surface area contributed by atoms with Crippen molar-refractivity contribution in [2.45, 2.75) is 25.7 Å². The maximum atomic E-state index is 10.8. The predicted octanol–water partition coefficient (Wildman–Crippen LogP) is 2.75. The van der Waals surface area contributed by atoms with Gasteiger partial charge >= 0.3 is 0 Å². The van der Waals surface area contributed by atoms with Crippen molar-refractivity contribution in [2.24, 2.45) is 0 Å². The van der Waals surface area contributed by atoms with Crippen LogP contribution in [-0.4, -0.2) is 37.4 Å². The van der Waals surface area contributed by atoms with Crippen LogP contribution in [0.5, 0.6) is 5.75 Å². The van der Waals surface area contributed by atoms with Gasteiger partial charge in [-0.2, -0.15) is 0 Å². The highest BCUT2D eigenvalue weighted by Gasteiger charge is 2.09. The first-order valence-corrected chi connectivity index (χ1v) is 6.79. The van der Waals surface area contributed by atoms with Crippen LogP contribution in [0.2, 0.25) is 0 Å². The van der Waals surface area contributed by atoms with Gasteiger partial charge in [0.25, 0.3) is 0 Å². The Morgan fingerprint density at radius 3 is 2.72 bits per heavy atom. The minimum atomic E-state index is 0.635. The summed E-state index contributed by atoms with van der Waals surface area (Å²) in [6.45, 7) is 4.24. The molecule has 0 spiro atoms. The summed E-state index contributed by atoms with van der Waals surface area (Å²) in [5.41, 5.74) is 0.635. The van der Waals surface area contributed by atoms with Crippen molar-refractivity contribution in [2.75, 3.05) is 26.2 Å². The molecule has 3 nitrogen and oxygen atoms in total. The number of likely N-dealkylation sites (tertiary alicyclic amines) is 1. The lowest BCUT2D eigenvalue weighted by Crippen LogP contribution is -2.31. The van der Waals surface area contributed by atoms with Gasteiger partial charge in [-0.25, -0.2) is 0 Å². The Morgan fingerprint density at radius 1 is 1.17 bits per heavy atom. The van der Waals surface area contributed by atoms with E-state index in [0.717, 1.165) is 19.3 Å². The topological polar surface area (TPSA) is 29.5 Å². The van der Waals surface area contributed by atoms with Crippen LogP contribution in [0.4, 0.5) is 0 Å². The third-order valence-corrected chi connectivity index (χ3v) is 3.37. The normalized spacial score (nSPS) is 16.4. The molecule has 1 aromatic carbocycles. The van der Waals surface area contributed by atoms with E-state index in [0.29, 0.717) is 17.9 Å². The highest BCUT2D eigenvalue weighted by molar-refractivity contribution is 5.79. The van der Waals surface area contributed by atoms with Crippen molar-refractivity contribution >= 4 is 6.29 Å². The fourth-order valence-electron chi connectivity index (χ4n) is 2.36. The number of carbonyl (C=O) groups excluding carboxylic acids is 1. The van der Waals surface area contributed by atoms with Crippen LogP contribution in [-0.2, 0) is 0 Å². The van der Waals surface area contributed by atoms with Gasteiger partial charge in [0.05, 0.1) is 12.2 Å². The molecule has 3 heteroatoms. The smallest absolute Gasteiger partial charge is 0.153 e. The molecule has 1 aromatic rings. The molecule has 1 aliphatic rings. The van der Waals surface area contributed by atoms with Gasteiger partial charge < -0.3 is 9.64 Å². The summed E-state index contributed by atoms with van der Waals surface area (Å²) in [5, 5.41) is 0. The molecule has 98 valence electrons. The van der Waals surface area contributed by atoms with Gasteiger partial charge in [0.15, 0.2) is 6.29 Å². The number of hydrogen-bond acceptors (Lipinski definition) is 3. The molecule has 18 heavy (non-hydrogen) atoms. The van der Waals surface area contributed by atoms with Gasteiger partial charge in [0.2, 0.25) is 0 Å². The molecule has 1 saturated heterocycles. The highest BCUT2D eigenvalue weighted by atomic mass is 16.5. The van der Waals surface area contributed by atoms with E-state index in [1.807, 2.05) is 18.2 Å². The third kappa shape index (κ3) is 3.84. The molecule has 1 aliphatic heterocycles. The second kappa shape index (κ2) is 7.17. The van der Waals surface area contributed by atoms with Gasteiger partial charge in [0.1, 0.15) is 5.75 Å². The number of nitrogens with zero attached hydrogens (tertiary/aromatic N) is 1. The molecule has 0 unspecified atom stereocenters. The molecule has 0 amide bonds. The van der Waals surface area contributed by atoms with Crippen LogP contribution < -0.4 is 4.74 Å². The van der Waals surface area contributed by atoms with E-state index in [4.69, 9.17) is 4.74 Å². The van der Waals surface area contributed by atoms with E-state index in [1.54, 1.807) is 6.07 Å². The number of rotatable bonds is 6. The summed E-state index contributed by atoms with van der Waals surface area (Å²) in [5.74, 6) is 0.700. The van der Waals surface area contributed by atoms with Crippen LogP contribution in [0.25, 0.3) is 0 Å². The molecule has 2 rings (SSSR count). The zero-order valence-corrected chi connectivity index (χ0v) is 10.8. The first-order chi connectivity index (χ1) is 8.90. The number of carbonyl (C=O) groups is 1. The molecule has 0 bridgehead atoms. The Balaban J connectivity index is 1.69. The molecule has 0 saturated carbocycles. The summed E-state index contributed by atoms with van der Waals surface area (Å²) >= 11 is 0. The van der Waals surface area contributed by atoms with Gasteiger partial charge in [-0.15, -0.1) is 0 Å². The lowest BCUT2D eigenvalue weighted by molar-refractivity contribution is 0.111. The van der Waals surface area contributed by atoms with Crippen LogP contribution >= 0.6 is 0 Å². The van der Waals surface area contributed by atoms with E-state index in [2.05, 4.69) is 4.90 Å². The van der Waals surface area contributed by atoms with Gasteiger partial charge in [0, 0.05) is 6.54 Å². The quantitative estimate of drug-likeness (QED) is 0.572. The van der Waals surface area contributed by atoms with Crippen molar-refractivity contribution in [3.8, 4) is 5.75 Å². The zero-order valence-electron chi connectivity index (χ0n) is 10.8. The Kier molecular flexibility index (Phi) is 5.21. The summed E-state index contributed by atoms with van der Waals surface area (Å²) in [6, 6.07) is 7.38. The first-order valence-electron chi connectivity index (χ1n) is 6.79. The molecule has 0 N–H and O–H groups in total. The van der Waals surface area contributed by atoms with Crippen molar-refractivity contribution in [1.82, 2.24) is 4.90 Å². The van der Waals surface area contributed by atoms with E-state index in [9.17, 15) is 4.79 Å². The number of benzene rings is 1. The van der Waals surface area contributed by atoms with E-state index in [-0.39, 0.29) is 0 Å². The second-order valence-corrected chi connectivity index (χ2v) is 4.76. The molecule has 0 aromatic heterocycles. The summed E-state index contributed by atoms with van der Waals surface area (Å²) in [4.78, 5) is 13.3. The maximum absolute atomic E-state index is 10.8. The fourth-order valence-corrected chi connectivity index (χ4v) is 2.36. The SMILES string of the molecule is O=Cc1ccccc1OCCCN1CCCCC1. The average Bonchev–Trinajstić information content (AvgIpc) is 2.45. The van der Waals surface area contributed by atoms with Gasteiger partial charge in [-0.3, -0.25) is 4.79 Å². The van der Waals surface area contributed by atoms with Crippen molar-refractivity contribution < 1.29 is 9.53 Å². The van der Waals surface area contributed by atoms with Gasteiger partial charge in [-0.1, -0.05) is 18.6 Å². The van der Waals surface area contributed by atoms with Gasteiger partial charge in [-0.05, 0) is 44.5 Å². The Morgan fingerprint density at radius 2 is 1.94 bits per heavy atom. The molecule has 1 fully saturated rings. The fraction of sp³-hybridized carbons (Fsp3) is 0.533. The third-order valence-electron chi connectivity index (χ3n) is 3.37. The van der Waals surface area contributed by atoms with E-state index in [1.165, 1.54) is 32.4 Å². The minimum Gasteiger partial charge on any atom is -0.493 e. The Bertz CT molecular complexity index is 373. The Labute approximate surface area is 109 Å². The molecule has 0 aliphatic carbocycles. The average molecular weight is 247 g/mol. The largest absolute Gasteiger partial charge is 0.493 e. The zero-order chi connectivity index (χ0) is 12.6. The number of hydrogen-bond donors (Lipinski definition) is 0. The monoisotopic (exact) mass is 247 g/mol. The number of piperidine rings is 1. The van der Waals surface area contributed by atoms with Crippen LogP contribution in [0.3, 0.4) is 0 Å². The van der Waals surface area contributed by atoms with E-state index >= 15 is 0 Å². The lowest BCUT2D eigenvalue weighted by Gasteiger charge is -2.26. The molecule has 0 atom stereocenters. The highest BCUT2D eigenvalue weighted by Crippen LogP contribution is 2.16. The number of para-hydroxylation sites is 1. The summed E-state index contributed by atoms with van der Waals surface area (Å²) in [7, 11) is 0. The number of ether oxygens (including phenoxy) is 1. The van der Waals surface area contributed by atoms with Crippen LogP contribution in [0.15, 0.2) is 24.3 Å². The van der Waals surface area contributed by atoms with Crippen molar-refractivity contribution in [3.63, 3.8) is 0 Å². The second-order valence-electron chi connectivity index (χ2n) is 4.76. The summed E-state index contributed by atoms with van der Waals surface area (Å²) in [6.07, 6.45) is 5.90. The first kappa shape index (κ1) is 13.1. The van der Waals surface area contributed by atoms with Crippen molar-refractivity contribution in [1.29, 1.82) is 0 Å². The van der Waals surface area contributed by atoms with Crippen LogP contribution in [0, 0.1) is 0 Å². The Hall–Kier alpha value is -1.35. The summed E-state index contributed by atoms with van der Waals surface area (Å²) < 4.78 is 5.66. The minimum absolute atomic E-state index is 0.635. The predicted molar refractivity (Wildman–Crippen MR) is 72.2 cm³/mol. The maximum Gasteiger partial charge on any atom is 0.153 e. The molecule has 1 heterocycles. The number of aldehydes is 1. The lowest BCUT2D eigenvalue weighted by atomic mass is 10.1. The van der Waals surface area contributed by atoms with Crippen LogP contribution in [0.1, 0.15) is 36.0 Å². The molecule has 0 radical (unpaired) electrons. The van der Waals surface area contributed by atoms with Crippen molar-refractivity contribution in [3.05, 3.63) is 29.8 Å². The molecular weight excluding hydrogens is 226 g/mol.